The number of carbonyl (C=O) groups is 1. The smallest absolute Gasteiger partial charge is 0.239 e. The predicted molar refractivity (Wildman–Crippen MR) is 49.5 cm³/mol. The van der Waals surface area contributed by atoms with Crippen LogP contribution in [0, 0.1) is 0 Å². The van der Waals surface area contributed by atoms with Gasteiger partial charge in [-0.2, -0.15) is 0 Å². The molecule has 1 amide bonds. The average Bonchev–Trinajstić information content (AvgIpc) is 1.78. The summed E-state index contributed by atoms with van der Waals surface area (Å²) < 4.78 is 0. The van der Waals surface area contributed by atoms with Crippen LogP contribution < -0.4 is 16.8 Å². The summed E-state index contributed by atoms with van der Waals surface area (Å²) in [7, 11) is 0. The summed E-state index contributed by atoms with van der Waals surface area (Å²) in [5, 5.41) is 2.67. The Kier molecular flexibility index (Phi) is 3.24. The third kappa shape index (κ3) is 5.09. The van der Waals surface area contributed by atoms with Gasteiger partial charge in [-0.3, -0.25) is 4.79 Å². The molecule has 0 saturated heterocycles. The number of amides is 1. The van der Waals surface area contributed by atoms with E-state index < -0.39 is 5.54 Å². The highest BCUT2D eigenvalue weighted by Crippen LogP contribution is 1.98. The van der Waals surface area contributed by atoms with Gasteiger partial charge in [0.1, 0.15) is 0 Å². The molecule has 0 aromatic heterocycles. The van der Waals surface area contributed by atoms with Crippen molar-refractivity contribution in [2.75, 3.05) is 6.54 Å². The fraction of sp³-hybridized carbons (Fsp3) is 0.875. The lowest BCUT2D eigenvalue weighted by Gasteiger charge is -2.23. The van der Waals surface area contributed by atoms with Gasteiger partial charge < -0.3 is 16.8 Å². The van der Waals surface area contributed by atoms with Crippen LogP contribution in [0.15, 0.2) is 0 Å². The third-order valence-corrected chi connectivity index (χ3v) is 1.29. The summed E-state index contributed by atoms with van der Waals surface area (Å²) in [4.78, 5) is 11.2. The van der Waals surface area contributed by atoms with Crippen molar-refractivity contribution >= 4 is 5.91 Å². The van der Waals surface area contributed by atoms with Gasteiger partial charge in [0.05, 0.1) is 5.54 Å². The highest BCUT2D eigenvalue weighted by atomic mass is 16.2. The van der Waals surface area contributed by atoms with Crippen molar-refractivity contribution in [1.29, 1.82) is 0 Å². The Morgan fingerprint density at radius 2 is 1.67 bits per heavy atom. The van der Waals surface area contributed by atoms with E-state index in [4.69, 9.17) is 11.5 Å². The summed E-state index contributed by atoms with van der Waals surface area (Å²) in [6, 6.07) is 0. The molecule has 0 aromatic carbocycles. The molecular formula is C8H19N3O. The van der Waals surface area contributed by atoms with Gasteiger partial charge in [0, 0.05) is 12.1 Å². The maximum Gasteiger partial charge on any atom is 0.239 e. The molecule has 0 aromatic rings. The van der Waals surface area contributed by atoms with E-state index in [9.17, 15) is 4.79 Å². The molecule has 0 aliphatic carbocycles. The summed E-state index contributed by atoms with van der Waals surface area (Å²) in [5.74, 6) is -0.180. The highest BCUT2D eigenvalue weighted by molar-refractivity contribution is 5.85. The van der Waals surface area contributed by atoms with Crippen molar-refractivity contribution in [3.63, 3.8) is 0 Å². The number of hydrogen-bond donors (Lipinski definition) is 3. The lowest BCUT2D eigenvalue weighted by atomic mass is 10.0. The molecule has 0 heterocycles. The standard InChI is InChI=1S/C8H19N3O/c1-7(2,9)5-11-6(12)8(3,4)10/h5,9-10H2,1-4H3,(H,11,12). The van der Waals surface area contributed by atoms with E-state index in [0.29, 0.717) is 6.54 Å². The van der Waals surface area contributed by atoms with Crippen LogP contribution in [-0.2, 0) is 4.79 Å². The molecule has 0 bridgehead atoms. The van der Waals surface area contributed by atoms with Gasteiger partial charge in [-0.1, -0.05) is 0 Å². The van der Waals surface area contributed by atoms with E-state index in [2.05, 4.69) is 5.32 Å². The zero-order valence-corrected chi connectivity index (χ0v) is 8.27. The van der Waals surface area contributed by atoms with Crippen LogP contribution in [-0.4, -0.2) is 23.5 Å². The van der Waals surface area contributed by atoms with Crippen LogP contribution in [0.25, 0.3) is 0 Å². The zero-order valence-electron chi connectivity index (χ0n) is 8.27. The first-order valence-electron chi connectivity index (χ1n) is 3.99. The Bertz CT molecular complexity index is 164. The molecule has 0 radical (unpaired) electrons. The van der Waals surface area contributed by atoms with Crippen molar-refractivity contribution in [2.24, 2.45) is 11.5 Å². The second kappa shape index (κ2) is 3.41. The molecule has 4 nitrogen and oxygen atoms in total. The van der Waals surface area contributed by atoms with E-state index in [1.54, 1.807) is 13.8 Å². The highest BCUT2D eigenvalue weighted by Gasteiger charge is 2.23. The minimum Gasteiger partial charge on any atom is -0.353 e. The Labute approximate surface area is 73.7 Å². The van der Waals surface area contributed by atoms with E-state index >= 15 is 0 Å². The van der Waals surface area contributed by atoms with Crippen molar-refractivity contribution in [3.8, 4) is 0 Å². The first-order valence-corrected chi connectivity index (χ1v) is 3.99. The maximum absolute atomic E-state index is 11.2. The van der Waals surface area contributed by atoms with E-state index in [1.807, 2.05) is 13.8 Å². The van der Waals surface area contributed by atoms with Gasteiger partial charge in [0.25, 0.3) is 0 Å². The normalized spacial score (nSPS) is 12.8. The largest absolute Gasteiger partial charge is 0.353 e. The van der Waals surface area contributed by atoms with Gasteiger partial charge in [-0.15, -0.1) is 0 Å². The number of rotatable bonds is 3. The molecule has 0 fully saturated rings. The first-order chi connectivity index (χ1) is 5.13. The van der Waals surface area contributed by atoms with E-state index in [-0.39, 0.29) is 11.4 Å². The minimum absolute atomic E-state index is 0.180. The molecule has 72 valence electrons. The molecule has 0 spiro atoms. The van der Waals surface area contributed by atoms with Crippen LogP contribution in [0.3, 0.4) is 0 Å². The van der Waals surface area contributed by atoms with Crippen LogP contribution in [0.4, 0.5) is 0 Å². The minimum atomic E-state index is -0.828. The number of nitrogens with one attached hydrogen (secondary N) is 1. The summed E-state index contributed by atoms with van der Waals surface area (Å²) in [5.41, 5.74) is 10.0. The van der Waals surface area contributed by atoms with Crippen LogP contribution >= 0.6 is 0 Å². The topological polar surface area (TPSA) is 81.1 Å². The Hall–Kier alpha value is -0.610. The number of hydrogen-bond acceptors (Lipinski definition) is 3. The second-order valence-corrected chi connectivity index (χ2v) is 4.39. The van der Waals surface area contributed by atoms with Crippen molar-refractivity contribution in [3.05, 3.63) is 0 Å². The van der Waals surface area contributed by atoms with Gasteiger partial charge >= 0.3 is 0 Å². The van der Waals surface area contributed by atoms with Crippen molar-refractivity contribution in [2.45, 2.75) is 38.8 Å². The van der Waals surface area contributed by atoms with E-state index in [0.717, 1.165) is 0 Å². The molecule has 0 saturated carbocycles. The molecule has 0 aliphatic heterocycles. The molecule has 12 heavy (non-hydrogen) atoms. The summed E-state index contributed by atoms with van der Waals surface area (Å²) >= 11 is 0. The number of carbonyl (C=O) groups excluding carboxylic acids is 1. The van der Waals surface area contributed by atoms with Gasteiger partial charge in [-0.25, -0.2) is 0 Å². The van der Waals surface area contributed by atoms with Crippen LogP contribution in [0.5, 0.6) is 0 Å². The monoisotopic (exact) mass is 173 g/mol. The summed E-state index contributed by atoms with van der Waals surface area (Å²) in [6.07, 6.45) is 0. The van der Waals surface area contributed by atoms with Crippen molar-refractivity contribution < 1.29 is 4.79 Å². The Morgan fingerprint density at radius 3 is 1.92 bits per heavy atom. The SMILES string of the molecule is CC(C)(N)CNC(=O)C(C)(C)N. The van der Waals surface area contributed by atoms with E-state index in [1.165, 1.54) is 0 Å². The Balaban J connectivity index is 3.90. The average molecular weight is 173 g/mol. The molecule has 4 heteroatoms. The fourth-order valence-corrected chi connectivity index (χ4v) is 0.536. The molecule has 5 N–H and O–H groups in total. The predicted octanol–water partition coefficient (Wildman–Crippen LogP) is -0.423. The van der Waals surface area contributed by atoms with Crippen molar-refractivity contribution in [1.82, 2.24) is 5.32 Å². The lowest BCUT2D eigenvalue weighted by molar-refractivity contribution is -0.125. The maximum atomic E-state index is 11.2. The lowest BCUT2D eigenvalue weighted by Crippen LogP contribution is -2.54. The number of nitrogens with two attached hydrogens (primary N) is 2. The third-order valence-electron chi connectivity index (χ3n) is 1.29. The molecule has 0 atom stereocenters. The first kappa shape index (κ1) is 11.4. The fourth-order valence-electron chi connectivity index (χ4n) is 0.536. The molecule has 0 unspecified atom stereocenters. The molecular weight excluding hydrogens is 154 g/mol. The molecule has 0 aliphatic rings. The van der Waals surface area contributed by atoms with Gasteiger partial charge in [-0.05, 0) is 27.7 Å². The van der Waals surface area contributed by atoms with Crippen LogP contribution in [0.2, 0.25) is 0 Å². The molecule has 0 rings (SSSR count). The van der Waals surface area contributed by atoms with Crippen LogP contribution in [0.1, 0.15) is 27.7 Å². The summed E-state index contributed by atoms with van der Waals surface area (Å²) in [6.45, 7) is 7.44. The second-order valence-electron chi connectivity index (χ2n) is 4.39. The van der Waals surface area contributed by atoms with Gasteiger partial charge in [0.15, 0.2) is 0 Å². The quantitative estimate of drug-likeness (QED) is 0.542. The van der Waals surface area contributed by atoms with Gasteiger partial charge in [0.2, 0.25) is 5.91 Å². The zero-order chi connectivity index (χ0) is 9.99. The Morgan fingerprint density at radius 1 is 1.25 bits per heavy atom.